The lowest BCUT2D eigenvalue weighted by molar-refractivity contribution is -0.149. The van der Waals surface area contributed by atoms with E-state index in [-0.39, 0.29) is 23.8 Å². The lowest BCUT2D eigenvalue weighted by Gasteiger charge is -2.17. The van der Waals surface area contributed by atoms with E-state index >= 15 is 0 Å². The summed E-state index contributed by atoms with van der Waals surface area (Å²) >= 11 is 7.37. The number of carbonyl (C=O) groups excluding carboxylic acids is 2. The molecule has 0 bridgehead atoms. The highest BCUT2D eigenvalue weighted by Gasteiger charge is 2.32. The molecule has 6 heteroatoms. The highest BCUT2D eigenvalue weighted by atomic mass is 35.5. The van der Waals surface area contributed by atoms with E-state index in [1.807, 2.05) is 31.4 Å². The predicted octanol–water partition coefficient (Wildman–Crippen LogP) is 5.22. The molecule has 0 radical (unpaired) electrons. The number of fused-ring (bicyclic) bond motifs is 1. The van der Waals surface area contributed by atoms with Crippen molar-refractivity contribution in [3.63, 3.8) is 0 Å². The molecule has 140 valence electrons. The summed E-state index contributed by atoms with van der Waals surface area (Å²) in [6.45, 7) is 6.51. The van der Waals surface area contributed by atoms with Crippen molar-refractivity contribution < 1.29 is 14.3 Å². The Kier molecular flexibility index (Phi) is 5.88. The molecule has 0 saturated heterocycles. The van der Waals surface area contributed by atoms with Gasteiger partial charge in [0.15, 0.2) is 0 Å². The van der Waals surface area contributed by atoms with Gasteiger partial charge in [0.2, 0.25) is 5.78 Å². The van der Waals surface area contributed by atoms with Crippen LogP contribution in [-0.4, -0.2) is 22.4 Å². The Labute approximate surface area is 163 Å². The maximum atomic E-state index is 13.2. The van der Waals surface area contributed by atoms with Gasteiger partial charge in [-0.25, -0.2) is 0 Å². The van der Waals surface area contributed by atoms with Gasteiger partial charge in [-0.15, -0.1) is 11.3 Å². The van der Waals surface area contributed by atoms with E-state index in [1.54, 1.807) is 11.4 Å². The van der Waals surface area contributed by atoms with Crippen molar-refractivity contribution in [1.82, 2.24) is 4.57 Å². The Morgan fingerprint density at radius 1 is 1.35 bits per heavy atom. The molecule has 0 N–H and O–H groups in total. The molecule has 2 aromatic heterocycles. The molecule has 0 aliphatic carbocycles. The third-order valence-corrected chi connectivity index (χ3v) is 5.99. The van der Waals surface area contributed by atoms with Crippen LogP contribution in [0.15, 0.2) is 17.5 Å². The average molecular weight is 394 g/mol. The second kappa shape index (κ2) is 7.97. The molecule has 3 rings (SSSR count). The van der Waals surface area contributed by atoms with Crippen molar-refractivity contribution in [2.45, 2.75) is 65.0 Å². The predicted molar refractivity (Wildman–Crippen MR) is 104 cm³/mol. The molecule has 0 spiro atoms. The largest absolute Gasteiger partial charge is 0.462 e. The van der Waals surface area contributed by atoms with E-state index in [4.69, 9.17) is 16.3 Å². The third-order valence-electron chi connectivity index (χ3n) is 4.71. The number of aromatic nitrogens is 1. The van der Waals surface area contributed by atoms with Crippen LogP contribution < -0.4 is 0 Å². The van der Waals surface area contributed by atoms with Gasteiger partial charge in [-0.2, -0.15) is 0 Å². The van der Waals surface area contributed by atoms with Crippen LogP contribution in [-0.2, 0) is 22.5 Å². The van der Waals surface area contributed by atoms with Gasteiger partial charge in [0.25, 0.3) is 0 Å². The lowest BCUT2D eigenvalue weighted by Crippen LogP contribution is -2.21. The summed E-state index contributed by atoms with van der Waals surface area (Å²) in [7, 11) is 0. The first-order chi connectivity index (χ1) is 12.4. The van der Waals surface area contributed by atoms with Gasteiger partial charge in [-0.3, -0.25) is 9.59 Å². The van der Waals surface area contributed by atoms with Gasteiger partial charge in [0, 0.05) is 17.6 Å². The number of aryl methyl sites for hydroxylation is 1. The number of thiophene rings is 1. The quantitative estimate of drug-likeness (QED) is 0.517. The summed E-state index contributed by atoms with van der Waals surface area (Å²) < 4.78 is 7.53. The molecule has 1 unspecified atom stereocenters. The van der Waals surface area contributed by atoms with E-state index in [1.165, 1.54) is 11.3 Å². The summed E-state index contributed by atoms with van der Waals surface area (Å²) in [5, 5.41) is 2.35. The second-order valence-corrected chi connectivity index (χ2v) is 8.29. The Morgan fingerprint density at radius 2 is 2.12 bits per heavy atom. The zero-order chi connectivity index (χ0) is 18.8. The smallest absolute Gasteiger partial charge is 0.315 e. The number of hydrogen-bond acceptors (Lipinski definition) is 4. The molecule has 1 aliphatic rings. The first-order valence-corrected chi connectivity index (χ1v) is 10.4. The molecular formula is C20H24ClNO3S. The summed E-state index contributed by atoms with van der Waals surface area (Å²) in [5.74, 6) is -0.511. The summed E-state index contributed by atoms with van der Waals surface area (Å²) in [6.07, 6.45) is 3.25. The van der Waals surface area contributed by atoms with Crippen molar-refractivity contribution in [2.75, 3.05) is 0 Å². The lowest BCUT2D eigenvalue weighted by atomic mass is 9.99. The van der Waals surface area contributed by atoms with Gasteiger partial charge in [0.1, 0.15) is 0 Å². The van der Waals surface area contributed by atoms with E-state index in [0.29, 0.717) is 15.6 Å². The normalized spacial score (nSPS) is 17.0. The Bertz CT molecular complexity index is 821. The maximum absolute atomic E-state index is 13.2. The fourth-order valence-corrected chi connectivity index (χ4v) is 4.58. The minimum absolute atomic E-state index is 0.0112. The topological polar surface area (TPSA) is 48.3 Å². The van der Waals surface area contributed by atoms with Crippen LogP contribution >= 0.6 is 22.9 Å². The molecule has 0 saturated carbocycles. The molecule has 0 amide bonds. The molecule has 0 fully saturated rings. The molecule has 1 atom stereocenters. The highest BCUT2D eigenvalue weighted by molar-refractivity contribution is 7.12. The van der Waals surface area contributed by atoms with Crippen LogP contribution in [0, 0.1) is 0 Å². The Morgan fingerprint density at radius 3 is 2.73 bits per heavy atom. The average Bonchev–Trinajstić information content (AvgIpc) is 3.11. The minimum Gasteiger partial charge on any atom is -0.462 e. The number of ether oxygens (including phenoxy) is 1. The van der Waals surface area contributed by atoms with E-state index in [2.05, 4.69) is 0 Å². The second-order valence-electron chi connectivity index (χ2n) is 6.94. The summed E-state index contributed by atoms with van der Waals surface area (Å²) in [5.41, 5.74) is 2.60. The van der Waals surface area contributed by atoms with Gasteiger partial charge in [-0.1, -0.05) is 24.9 Å². The molecule has 3 heterocycles. The van der Waals surface area contributed by atoms with Gasteiger partial charge >= 0.3 is 5.97 Å². The SMILES string of the molecule is CCc1cc2n(c1C(=O)c1cc(Cl)cs1)CCCCC2C(=O)OC(C)C. The van der Waals surface area contributed by atoms with Crippen molar-refractivity contribution in [1.29, 1.82) is 0 Å². The standard InChI is InChI=1S/C20H24ClNO3S/c1-4-13-9-16-15(20(24)25-12(2)3)7-5-6-8-22(16)18(13)19(23)17-10-14(21)11-26-17/h9-12,15H,4-8H2,1-3H3. The highest BCUT2D eigenvalue weighted by Crippen LogP contribution is 2.34. The van der Waals surface area contributed by atoms with Gasteiger partial charge in [0.05, 0.1) is 27.6 Å². The molecular weight excluding hydrogens is 370 g/mol. The molecule has 4 nitrogen and oxygen atoms in total. The van der Waals surface area contributed by atoms with Crippen molar-refractivity contribution in [3.05, 3.63) is 44.4 Å². The third kappa shape index (κ3) is 3.74. The van der Waals surface area contributed by atoms with Gasteiger partial charge < -0.3 is 9.30 Å². The number of hydrogen-bond donors (Lipinski definition) is 0. The molecule has 0 aromatic carbocycles. The number of nitrogens with zero attached hydrogens (tertiary/aromatic N) is 1. The van der Waals surface area contributed by atoms with E-state index < -0.39 is 0 Å². The van der Waals surface area contributed by atoms with Crippen LogP contribution in [0.3, 0.4) is 0 Å². The van der Waals surface area contributed by atoms with Crippen LogP contribution in [0.4, 0.5) is 0 Å². The molecule has 2 aromatic rings. The fraction of sp³-hybridized carbons (Fsp3) is 0.500. The number of ketones is 1. The summed E-state index contributed by atoms with van der Waals surface area (Å²) in [6, 6.07) is 3.75. The summed E-state index contributed by atoms with van der Waals surface area (Å²) in [4.78, 5) is 26.4. The van der Waals surface area contributed by atoms with Crippen LogP contribution in [0.1, 0.15) is 72.6 Å². The fourth-order valence-electron chi connectivity index (χ4n) is 3.56. The van der Waals surface area contributed by atoms with E-state index in [9.17, 15) is 9.59 Å². The minimum atomic E-state index is -0.307. The number of rotatable bonds is 5. The molecule has 1 aliphatic heterocycles. The van der Waals surface area contributed by atoms with E-state index in [0.717, 1.165) is 43.5 Å². The zero-order valence-corrected chi connectivity index (χ0v) is 17.0. The number of carbonyl (C=O) groups is 2. The maximum Gasteiger partial charge on any atom is 0.315 e. The number of esters is 1. The monoisotopic (exact) mass is 393 g/mol. The Hall–Kier alpha value is -1.59. The van der Waals surface area contributed by atoms with Crippen LogP contribution in [0.5, 0.6) is 0 Å². The van der Waals surface area contributed by atoms with Crippen molar-refractivity contribution in [2.24, 2.45) is 0 Å². The first kappa shape index (κ1) is 19.2. The van der Waals surface area contributed by atoms with Crippen molar-refractivity contribution in [3.8, 4) is 0 Å². The first-order valence-electron chi connectivity index (χ1n) is 9.13. The number of halogens is 1. The van der Waals surface area contributed by atoms with Crippen molar-refractivity contribution >= 4 is 34.7 Å². The Balaban J connectivity index is 2.06. The molecule has 26 heavy (non-hydrogen) atoms. The van der Waals surface area contributed by atoms with Crippen LogP contribution in [0.25, 0.3) is 0 Å². The van der Waals surface area contributed by atoms with Gasteiger partial charge in [-0.05, 0) is 50.8 Å². The van der Waals surface area contributed by atoms with Crippen LogP contribution in [0.2, 0.25) is 5.02 Å². The zero-order valence-electron chi connectivity index (χ0n) is 15.4.